The number of hydrogen-bond acceptors (Lipinski definition) is 2. The lowest BCUT2D eigenvalue weighted by atomic mass is 10.0. The highest BCUT2D eigenvalue weighted by Crippen LogP contribution is 2.33. The topological polar surface area (TPSA) is 32.3 Å². The van der Waals surface area contributed by atoms with E-state index in [9.17, 15) is 4.79 Å². The third kappa shape index (κ3) is 3.70. The number of amides is 1. The number of hydrazine groups is 1. The van der Waals surface area contributed by atoms with Gasteiger partial charge >= 0.3 is 0 Å². The van der Waals surface area contributed by atoms with Crippen LogP contribution < -0.4 is 5.43 Å². The lowest BCUT2D eigenvalue weighted by Crippen LogP contribution is -2.39. The maximum Gasteiger partial charge on any atom is 0.273 e. The van der Waals surface area contributed by atoms with Crippen LogP contribution in [0.3, 0.4) is 0 Å². The fourth-order valence-electron chi connectivity index (χ4n) is 3.06. The Hall–Kier alpha value is -2.75. The Balaban J connectivity index is 1.72. The standard InChI is InChI=1S/C22H16Cl2N2O/c23-18-10-6-15(7-11-18)20-14-21(16-8-12-19(24)13-9-16)26(25-20)22(27)17-4-2-1-3-5-17/h1-14,21,25H/t21-/m1/s1. The molecule has 0 unspecified atom stereocenters. The Bertz CT molecular complexity index is 983. The minimum absolute atomic E-state index is 0.101. The molecule has 0 aliphatic carbocycles. The van der Waals surface area contributed by atoms with Crippen LogP contribution in [-0.2, 0) is 0 Å². The molecule has 134 valence electrons. The smallest absolute Gasteiger partial charge is 0.273 e. The monoisotopic (exact) mass is 394 g/mol. The molecular formula is C22H16Cl2N2O. The van der Waals surface area contributed by atoms with Crippen molar-refractivity contribution < 1.29 is 4.79 Å². The van der Waals surface area contributed by atoms with Crippen LogP contribution in [0, 0.1) is 0 Å². The normalized spacial score (nSPS) is 16.0. The van der Waals surface area contributed by atoms with Gasteiger partial charge in [0.2, 0.25) is 0 Å². The van der Waals surface area contributed by atoms with Crippen LogP contribution in [0.5, 0.6) is 0 Å². The third-order valence-corrected chi connectivity index (χ3v) is 4.95. The lowest BCUT2D eigenvalue weighted by Gasteiger charge is -2.25. The first kappa shape index (κ1) is 17.7. The Morgan fingerprint density at radius 1 is 0.815 bits per heavy atom. The highest BCUT2D eigenvalue weighted by molar-refractivity contribution is 6.30. The Morgan fingerprint density at radius 2 is 1.41 bits per heavy atom. The summed E-state index contributed by atoms with van der Waals surface area (Å²) in [5.74, 6) is -0.101. The minimum atomic E-state index is -0.249. The van der Waals surface area contributed by atoms with Gasteiger partial charge in [0.25, 0.3) is 5.91 Å². The van der Waals surface area contributed by atoms with E-state index in [-0.39, 0.29) is 11.9 Å². The van der Waals surface area contributed by atoms with E-state index in [0.29, 0.717) is 15.6 Å². The molecule has 0 fully saturated rings. The Kier molecular flexibility index (Phi) is 4.88. The number of benzene rings is 3. The summed E-state index contributed by atoms with van der Waals surface area (Å²) in [6.45, 7) is 0. The second kappa shape index (κ2) is 7.47. The van der Waals surface area contributed by atoms with Crippen molar-refractivity contribution in [1.82, 2.24) is 10.4 Å². The van der Waals surface area contributed by atoms with Crippen molar-refractivity contribution in [1.29, 1.82) is 0 Å². The molecule has 0 bridgehead atoms. The molecule has 1 aliphatic rings. The first-order valence-electron chi connectivity index (χ1n) is 8.50. The van der Waals surface area contributed by atoms with E-state index in [1.807, 2.05) is 84.9 Å². The van der Waals surface area contributed by atoms with Gasteiger partial charge in [-0.2, -0.15) is 0 Å². The van der Waals surface area contributed by atoms with E-state index in [1.54, 1.807) is 5.01 Å². The summed E-state index contributed by atoms with van der Waals surface area (Å²) in [7, 11) is 0. The van der Waals surface area contributed by atoms with Crippen LogP contribution in [-0.4, -0.2) is 10.9 Å². The van der Waals surface area contributed by atoms with Crippen LogP contribution in [0.25, 0.3) is 5.70 Å². The fraction of sp³-hybridized carbons (Fsp3) is 0.0455. The lowest BCUT2D eigenvalue weighted by molar-refractivity contribution is 0.0672. The summed E-state index contributed by atoms with van der Waals surface area (Å²) in [5.41, 5.74) is 6.67. The average Bonchev–Trinajstić information content (AvgIpc) is 3.14. The molecule has 1 heterocycles. The molecule has 1 aliphatic heterocycles. The van der Waals surface area contributed by atoms with Gasteiger partial charge in [0, 0.05) is 15.6 Å². The van der Waals surface area contributed by atoms with Gasteiger partial charge in [-0.25, -0.2) is 5.01 Å². The van der Waals surface area contributed by atoms with E-state index in [2.05, 4.69) is 5.43 Å². The quantitative estimate of drug-likeness (QED) is 0.614. The summed E-state index contributed by atoms with van der Waals surface area (Å²) in [4.78, 5) is 13.1. The van der Waals surface area contributed by atoms with Crippen molar-refractivity contribution in [3.63, 3.8) is 0 Å². The second-order valence-corrected chi connectivity index (χ2v) is 7.11. The number of nitrogens with one attached hydrogen (secondary N) is 1. The zero-order valence-corrected chi connectivity index (χ0v) is 15.8. The highest BCUT2D eigenvalue weighted by atomic mass is 35.5. The van der Waals surface area contributed by atoms with Gasteiger partial charge in [0.05, 0.1) is 11.7 Å². The van der Waals surface area contributed by atoms with Gasteiger partial charge in [-0.1, -0.05) is 65.7 Å². The molecule has 0 saturated carbocycles. The van der Waals surface area contributed by atoms with E-state index in [1.165, 1.54) is 0 Å². The van der Waals surface area contributed by atoms with Crippen molar-refractivity contribution in [2.24, 2.45) is 0 Å². The largest absolute Gasteiger partial charge is 0.295 e. The third-order valence-electron chi connectivity index (χ3n) is 4.45. The predicted molar refractivity (Wildman–Crippen MR) is 109 cm³/mol. The molecule has 4 rings (SSSR count). The second-order valence-electron chi connectivity index (χ2n) is 6.24. The molecule has 1 amide bonds. The van der Waals surface area contributed by atoms with Crippen molar-refractivity contribution in [3.8, 4) is 0 Å². The van der Waals surface area contributed by atoms with Crippen LogP contribution in [0.15, 0.2) is 84.9 Å². The molecule has 1 atom stereocenters. The molecule has 0 spiro atoms. The Morgan fingerprint density at radius 3 is 2.04 bits per heavy atom. The number of rotatable bonds is 3. The maximum absolute atomic E-state index is 13.1. The highest BCUT2D eigenvalue weighted by Gasteiger charge is 2.31. The molecular weight excluding hydrogens is 379 g/mol. The van der Waals surface area contributed by atoms with Crippen molar-refractivity contribution in [2.45, 2.75) is 6.04 Å². The number of halogens is 2. The van der Waals surface area contributed by atoms with Crippen molar-refractivity contribution in [2.75, 3.05) is 0 Å². The summed E-state index contributed by atoms with van der Waals surface area (Å²) in [5, 5.41) is 2.97. The van der Waals surface area contributed by atoms with Gasteiger partial charge in [0.15, 0.2) is 0 Å². The Labute approximate surface area is 167 Å². The predicted octanol–water partition coefficient (Wildman–Crippen LogP) is 5.74. The minimum Gasteiger partial charge on any atom is -0.295 e. The van der Waals surface area contributed by atoms with Gasteiger partial charge in [0.1, 0.15) is 0 Å². The molecule has 5 heteroatoms. The molecule has 0 radical (unpaired) electrons. The van der Waals surface area contributed by atoms with Crippen LogP contribution in [0.2, 0.25) is 10.0 Å². The molecule has 1 N–H and O–H groups in total. The first-order valence-corrected chi connectivity index (χ1v) is 9.26. The SMILES string of the molecule is O=C(c1ccccc1)N1NC(c2ccc(Cl)cc2)=C[C@@H]1c1ccc(Cl)cc1. The number of carbonyl (C=O) groups is 1. The average molecular weight is 395 g/mol. The maximum atomic E-state index is 13.1. The van der Waals surface area contributed by atoms with Gasteiger partial charge < -0.3 is 0 Å². The zero-order valence-electron chi connectivity index (χ0n) is 14.3. The number of hydrogen-bond donors (Lipinski definition) is 1. The van der Waals surface area contributed by atoms with E-state index in [0.717, 1.165) is 16.8 Å². The number of carbonyl (C=O) groups excluding carboxylic acids is 1. The summed E-state index contributed by atoms with van der Waals surface area (Å²) in [6, 6.07) is 24.0. The van der Waals surface area contributed by atoms with Gasteiger partial charge in [-0.3, -0.25) is 10.2 Å². The molecule has 3 nitrogen and oxygen atoms in total. The summed E-state index contributed by atoms with van der Waals surface area (Å²) >= 11 is 12.0. The van der Waals surface area contributed by atoms with Crippen LogP contribution in [0.1, 0.15) is 27.5 Å². The fourth-order valence-corrected chi connectivity index (χ4v) is 3.31. The van der Waals surface area contributed by atoms with E-state index < -0.39 is 0 Å². The van der Waals surface area contributed by atoms with Gasteiger partial charge in [-0.15, -0.1) is 0 Å². The molecule has 3 aromatic carbocycles. The van der Waals surface area contributed by atoms with Crippen molar-refractivity contribution >= 4 is 34.8 Å². The first-order chi connectivity index (χ1) is 13.1. The molecule has 0 aromatic heterocycles. The summed E-state index contributed by atoms with van der Waals surface area (Å²) < 4.78 is 0. The van der Waals surface area contributed by atoms with Crippen LogP contribution >= 0.6 is 23.2 Å². The van der Waals surface area contributed by atoms with Crippen LogP contribution in [0.4, 0.5) is 0 Å². The van der Waals surface area contributed by atoms with Crippen molar-refractivity contribution in [3.05, 3.63) is 112 Å². The van der Waals surface area contributed by atoms with E-state index >= 15 is 0 Å². The van der Waals surface area contributed by atoms with E-state index in [4.69, 9.17) is 23.2 Å². The summed E-state index contributed by atoms with van der Waals surface area (Å²) in [6.07, 6.45) is 2.04. The molecule has 3 aromatic rings. The molecule has 27 heavy (non-hydrogen) atoms. The molecule has 0 saturated heterocycles. The van der Waals surface area contributed by atoms with Gasteiger partial charge in [-0.05, 0) is 53.6 Å². The zero-order chi connectivity index (χ0) is 18.8. The number of nitrogens with zero attached hydrogens (tertiary/aromatic N) is 1.